The van der Waals surface area contributed by atoms with E-state index in [2.05, 4.69) is 48.0 Å². The molecule has 7 heteroatoms. The minimum atomic E-state index is 0.783. The molecule has 4 rings (SSSR count). The molecule has 0 radical (unpaired) electrons. The fourth-order valence-corrected chi connectivity index (χ4v) is 3.14. The van der Waals surface area contributed by atoms with Gasteiger partial charge in [-0.05, 0) is 25.1 Å². The average molecular weight is 335 g/mol. The highest BCUT2D eigenvalue weighted by Gasteiger charge is 2.21. The van der Waals surface area contributed by atoms with Gasteiger partial charge in [0.15, 0.2) is 0 Å². The number of piperazine rings is 1. The molecule has 1 aliphatic rings. The first kappa shape index (κ1) is 15.6. The van der Waals surface area contributed by atoms with Gasteiger partial charge >= 0.3 is 0 Å². The van der Waals surface area contributed by atoms with Gasteiger partial charge in [0.1, 0.15) is 18.0 Å². The minimum Gasteiger partial charge on any atom is -0.370 e. The molecule has 1 aromatic carbocycles. The van der Waals surface area contributed by atoms with Crippen molar-refractivity contribution in [1.82, 2.24) is 19.9 Å². The summed E-state index contributed by atoms with van der Waals surface area (Å²) in [5, 5.41) is 4.34. The van der Waals surface area contributed by atoms with E-state index < -0.39 is 0 Å². The summed E-state index contributed by atoms with van der Waals surface area (Å²) in [4.78, 5) is 22.4. The standard InChI is InChI=1S/C18H21N7/c1-2-19-16-7-8-20-18(23-16)25-11-9-24(10-12-25)17-14-5-3-4-6-15(14)21-13-22-17/h3-8,13H,2,9-12H2,1H3,(H,19,20,23). The Hall–Kier alpha value is -2.96. The Kier molecular flexibility index (Phi) is 4.28. The monoisotopic (exact) mass is 335 g/mol. The molecule has 3 aromatic rings. The summed E-state index contributed by atoms with van der Waals surface area (Å²) < 4.78 is 0. The predicted molar refractivity (Wildman–Crippen MR) is 100 cm³/mol. The van der Waals surface area contributed by atoms with Crippen LogP contribution >= 0.6 is 0 Å². The first-order valence-electron chi connectivity index (χ1n) is 8.61. The van der Waals surface area contributed by atoms with E-state index in [1.54, 1.807) is 6.33 Å². The van der Waals surface area contributed by atoms with E-state index in [4.69, 9.17) is 0 Å². The van der Waals surface area contributed by atoms with E-state index in [1.807, 2.05) is 30.5 Å². The molecule has 0 amide bonds. The van der Waals surface area contributed by atoms with Crippen molar-refractivity contribution in [3.8, 4) is 0 Å². The molecule has 0 bridgehead atoms. The van der Waals surface area contributed by atoms with Gasteiger partial charge in [-0.15, -0.1) is 0 Å². The first-order valence-corrected chi connectivity index (χ1v) is 8.61. The number of rotatable bonds is 4. The summed E-state index contributed by atoms with van der Waals surface area (Å²) in [6, 6.07) is 10.0. The van der Waals surface area contributed by atoms with Crippen LogP contribution in [0.4, 0.5) is 17.6 Å². The number of anilines is 3. The van der Waals surface area contributed by atoms with Crippen LogP contribution in [0.2, 0.25) is 0 Å². The Morgan fingerprint density at radius 1 is 0.960 bits per heavy atom. The van der Waals surface area contributed by atoms with E-state index in [-0.39, 0.29) is 0 Å². The number of nitrogens with zero attached hydrogens (tertiary/aromatic N) is 6. The number of aromatic nitrogens is 4. The Balaban J connectivity index is 1.50. The Morgan fingerprint density at radius 2 is 1.76 bits per heavy atom. The third-order valence-corrected chi connectivity index (χ3v) is 4.38. The molecular weight excluding hydrogens is 314 g/mol. The number of hydrogen-bond donors (Lipinski definition) is 1. The van der Waals surface area contributed by atoms with Gasteiger partial charge in [0.2, 0.25) is 5.95 Å². The van der Waals surface area contributed by atoms with Crippen molar-refractivity contribution >= 4 is 28.5 Å². The zero-order chi connectivity index (χ0) is 17.1. The molecule has 0 unspecified atom stereocenters. The molecule has 3 heterocycles. The Labute approximate surface area is 146 Å². The van der Waals surface area contributed by atoms with Crippen molar-refractivity contribution < 1.29 is 0 Å². The molecule has 1 saturated heterocycles. The second-order valence-electron chi connectivity index (χ2n) is 5.96. The van der Waals surface area contributed by atoms with Crippen LogP contribution in [0.15, 0.2) is 42.9 Å². The highest BCUT2D eigenvalue weighted by atomic mass is 15.3. The van der Waals surface area contributed by atoms with Gasteiger partial charge < -0.3 is 15.1 Å². The molecule has 0 spiro atoms. The largest absolute Gasteiger partial charge is 0.370 e. The van der Waals surface area contributed by atoms with Crippen LogP contribution < -0.4 is 15.1 Å². The minimum absolute atomic E-state index is 0.783. The van der Waals surface area contributed by atoms with Gasteiger partial charge in [0.25, 0.3) is 0 Å². The maximum absolute atomic E-state index is 4.59. The van der Waals surface area contributed by atoms with Crippen LogP contribution in [0, 0.1) is 0 Å². The molecule has 1 N–H and O–H groups in total. The van der Waals surface area contributed by atoms with Gasteiger partial charge in [-0.25, -0.2) is 15.0 Å². The van der Waals surface area contributed by atoms with Crippen LogP contribution in [-0.4, -0.2) is 52.7 Å². The summed E-state index contributed by atoms with van der Waals surface area (Å²) in [6.07, 6.45) is 3.46. The molecular formula is C18H21N7. The number of benzene rings is 1. The predicted octanol–water partition coefficient (Wildman–Crippen LogP) is 2.18. The summed E-state index contributed by atoms with van der Waals surface area (Å²) >= 11 is 0. The van der Waals surface area contributed by atoms with Crippen molar-refractivity contribution in [1.29, 1.82) is 0 Å². The third-order valence-electron chi connectivity index (χ3n) is 4.38. The van der Waals surface area contributed by atoms with Crippen molar-refractivity contribution in [2.45, 2.75) is 6.92 Å². The molecule has 0 atom stereocenters. The van der Waals surface area contributed by atoms with Crippen molar-refractivity contribution in [3.05, 3.63) is 42.9 Å². The van der Waals surface area contributed by atoms with E-state index in [0.717, 1.165) is 61.2 Å². The molecule has 1 fully saturated rings. The summed E-state index contributed by atoms with van der Waals surface area (Å²) in [5.74, 6) is 2.66. The SMILES string of the molecule is CCNc1ccnc(N2CCN(c3ncnc4ccccc34)CC2)n1. The van der Waals surface area contributed by atoms with E-state index in [9.17, 15) is 0 Å². The molecule has 0 aliphatic carbocycles. The van der Waals surface area contributed by atoms with Gasteiger partial charge in [0.05, 0.1) is 5.52 Å². The second-order valence-corrected chi connectivity index (χ2v) is 5.96. The highest BCUT2D eigenvalue weighted by molar-refractivity contribution is 5.89. The van der Waals surface area contributed by atoms with Crippen LogP contribution in [0.3, 0.4) is 0 Å². The maximum atomic E-state index is 4.59. The lowest BCUT2D eigenvalue weighted by molar-refractivity contribution is 0.636. The number of nitrogens with one attached hydrogen (secondary N) is 1. The molecule has 128 valence electrons. The normalized spacial score (nSPS) is 14.8. The quantitative estimate of drug-likeness (QED) is 0.783. The molecule has 2 aromatic heterocycles. The Morgan fingerprint density at radius 3 is 2.60 bits per heavy atom. The highest BCUT2D eigenvalue weighted by Crippen LogP contribution is 2.24. The van der Waals surface area contributed by atoms with Crippen molar-refractivity contribution in [2.75, 3.05) is 47.8 Å². The van der Waals surface area contributed by atoms with E-state index >= 15 is 0 Å². The number of hydrogen-bond acceptors (Lipinski definition) is 7. The molecule has 1 aliphatic heterocycles. The van der Waals surface area contributed by atoms with Crippen LogP contribution in [0.25, 0.3) is 10.9 Å². The lowest BCUT2D eigenvalue weighted by Gasteiger charge is -2.35. The van der Waals surface area contributed by atoms with Gasteiger partial charge in [-0.2, -0.15) is 4.98 Å². The fraction of sp³-hybridized carbons (Fsp3) is 0.333. The lowest BCUT2D eigenvalue weighted by Crippen LogP contribution is -2.47. The number of para-hydroxylation sites is 1. The second kappa shape index (κ2) is 6.88. The fourth-order valence-electron chi connectivity index (χ4n) is 3.14. The summed E-state index contributed by atoms with van der Waals surface area (Å²) in [6.45, 7) is 6.42. The molecule has 7 nitrogen and oxygen atoms in total. The van der Waals surface area contributed by atoms with Crippen LogP contribution in [0.5, 0.6) is 0 Å². The zero-order valence-electron chi connectivity index (χ0n) is 14.3. The molecule has 0 saturated carbocycles. The smallest absolute Gasteiger partial charge is 0.227 e. The van der Waals surface area contributed by atoms with Gasteiger partial charge in [0, 0.05) is 44.3 Å². The zero-order valence-corrected chi connectivity index (χ0v) is 14.3. The van der Waals surface area contributed by atoms with E-state index in [1.165, 1.54) is 0 Å². The van der Waals surface area contributed by atoms with E-state index in [0.29, 0.717) is 0 Å². The molecule has 25 heavy (non-hydrogen) atoms. The third kappa shape index (κ3) is 3.17. The van der Waals surface area contributed by atoms with Gasteiger partial charge in [-0.1, -0.05) is 12.1 Å². The summed E-state index contributed by atoms with van der Waals surface area (Å²) in [7, 11) is 0. The topological polar surface area (TPSA) is 70.1 Å². The van der Waals surface area contributed by atoms with Crippen LogP contribution in [-0.2, 0) is 0 Å². The Bertz CT molecular complexity index is 853. The number of fused-ring (bicyclic) bond motifs is 1. The average Bonchev–Trinajstić information content (AvgIpc) is 2.68. The maximum Gasteiger partial charge on any atom is 0.227 e. The van der Waals surface area contributed by atoms with Gasteiger partial charge in [-0.3, -0.25) is 0 Å². The lowest BCUT2D eigenvalue weighted by atomic mass is 10.2. The van der Waals surface area contributed by atoms with Crippen LogP contribution in [0.1, 0.15) is 6.92 Å². The first-order chi connectivity index (χ1) is 12.3. The van der Waals surface area contributed by atoms with Crippen molar-refractivity contribution in [2.24, 2.45) is 0 Å². The summed E-state index contributed by atoms with van der Waals surface area (Å²) in [5.41, 5.74) is 0.983. The van der Waals surface area contributed by atoms with Crippen molar-refractivity contribution in [3.63, 3.8) is 0 Å².